The first kappa shape index (κ1) is 17.0. The van der Waals surface area contributed by atoms with Gasteiger partial charge in [0.05, 0.1) is 0 Å². The minimum absolute atomic E-state index is 0.153. The minimum atomic E-state index is -0.954. The van der Waals surface area contributed by atoms with Gasteiger partial charge < -0.3 is 15.7 Å². The van der Waals surface area contributed by atoms with Crippen molar-refractivity contribution in [3.05, 3.63) is 0 Å². The zero-order valence-corrected chi connectivity index (χ0v) is 13.0. The van der Waals surface area contributed by atoms with Gasteiger partial charge in [0.1, 0.15) is 6.04 Å². The maximum atomic E-state index is 12.5. The van der Waals surface area contributed by atoms with Crippen molar-refractivity contribution in [2.75, 3.05) is 13.1 Å². The first-order chi connectivity index (χ1) is 9.25. The van der Waals surface area contributed by atoms with Crippen LogP contribution in [0.25, 0.3) is 0 Å². The smallest absolute Gasteiger partial charge is 0.326 e. The molecular weight excluding hydrogens is 256 g/mol. The molecule has 0 bridgehead atoms. The highest BCUT2D eigenvalue weighted by molar-refractivity contribution is 5.87. The van der Waals surface area contributed by atoms with Gasteiger partial charge in [-0.15, -0.1) is 0 Å². The average Bonchev–Trinajstić information content (AvgIpc) is 2.38. The molecule has 3 N–H and O–H groups in total. The number of amides is 1. The summed E-state index contributed by atoms with van der Waals surface area (Å²) in [6.45, 7) is 9.56. The number of carboxylic acid groups (broad SMARTS) is 1. The Morgan fingerprint density at radius 1 is 1.40 bits per heavy atom. The maximum absolute atomic E-state index is 12.5. The number of piperidine rings is 1. The molecule has 1 fully saturated rings. The molecule has 0 radical (unpaired) electrons. The molecule has 0 aromatic heterocycles. The summed E-state index contributed by atoms with van der Waals surface area (Å²) in [6.07, 6.45) is 2.53. The molecule has 1 aliphatic rings. The van der Waals surface area contributed by atoms with Crippen molar-refractivity contribution < 1.29 is 14.7 Å². The lowest BCUT2D eigenvalue weighted by atomic mass is 9.74. The molecule has 2 atom stereocenters. The molecule has 5 nitrogen and oxygen atoms in total. The van der Waals surface area contributed by atoms with Gasteiger partial charge in [-0.25, -0.2) is 4.79 Å². The molecule has 0 aromatic rings. The molecular formula is C15H28N2O3. The van der Waals surface area contributed by atoms with E-state index in [1.165, 1.54) is 0 Å². The van der Waals surface area contributed by atoms with E-state index in [1.54, 1.807) is 0 Å². The summed E-state index contributed by atoms with van der Waals surface area (Å²) in [4.78, 5) is 23.7. The monoisotopic (exact) mass is 284 g/mol. The van der Waals surface area contributed by atoms with Crippen molar-refractivity contribution in [3.63, 3.8) is 0 Å². The van der Waals surface area contributed by atoms with E-state index >= 15 is 0 Å². The third-order valence-electron chi connectivity index (χ3n) is 4.21. The van der Waals surface area contributed by atoms with Crippen LogP contribution in [0, 0.1) is 17.3 Å². The minimum Gasteiger partial charge on any atom is -0.480 e. The predicted octanol–water partition coefficient (Wildman–Crippen LogP) is 1.63. The summed E-state index contributed by atoms with van der Waals surface area (Å²) < 4.78 is 0. The summed E-state index contributed by atoms with van der Waals surface area (Å²) in [5.41, 5.74) is -0.544. The second-order valence-electron chi connectivity index (χ2n) is 6.76. The Bertz CT molecular complexity index is 347. The van der Waals surface area contributed by atoms with Crippen LogP contribution in [0.15, 0.2) is 0 Å². The largest absolute Gasteiger partial charge is 0.480 e. The molecule has 1 amide bonds. The molecule has 0 aliphatic carbocycles. The molecule has 1 aliphatic heterocycles. The van der Waals surface area contributed by atoms with E-state index in [0.717, 1.165) is 25.9 Å². The number of carbonyl (C=O) groups excluding carboxylic acids is 1. The van der Waals surface area contributed by atoms with Crippen molar-refractivity contribution in [1.29, 1.82) is 0 Å². The normalized spacial score (nSPS) is 21.6. The number of rotatable bonds is 6. The number of aliphatic carboxylic acids is 1. The van der Waals surface area contributed by atoms with Gasteiger partial charge in [-0.2, -0.15) is 0 Å². The number of hydrogen-bond acceptors (Lipinski definition) is 3. The second-order valence-corrected chi connectivity index (χ2v) is 6.76. The summed E-state index contributed by atoms with van der Waals surface area (Å²) in [5, 5.41) is 15.2. The lowest BCUT2D eigenvalue weighted by molar-refractivity contribution is -0.145. The summed E-state index contributed by atoms with van der Waals surface area (Å²) in [7, 11) is 0. The van der Waals surface area contributed by atoms with E-state index in [2.05, 4.69) is 10.6 Å². The highest BCUT2D eigenvalue weighted by Crippen LogP contribution is 2.32. The fourth-order valence-corrected chi connectivity index (χ4v) is 2.69. The van der Waals surface area contributed by atoms with Gasteiger partial charge in [0, 0.05) is 5.41 Å². The van der Waals surface area contributed by atoms with E-state index < -0.39 is 17.4 Å². The summed E-state index contributed by atoms with van der Waals surface area (Å²) in [5.74, 6) is -0.621. The average molecular weight is 284 g/mol. The SMILES string of the molecule is CC(C)C[C@H](NC(=O)C(C)(C)C1CCCNC1)C(=O)O. The molecule has 1 unspecified atom stereocenters. The number of nitrogens with one attached hydrogen (secondary N) is 2. The Morgan fingerprint density at radius 2 is 2.05 bits per heavy atom. The van der Waals surface area contributed by atoms with Crippen LogP contribution >= 0.6 is 0 Å². The van der Waals surface area contributed by atoms with Crippen LogP contribution in [0.3, 0.4) is 0 Å². The van der Waals surface area contributed by atoms with Gasteiger partial charge in [0.25, 0.3) is 0 Å². The van der Waals surface area contributed by atoms with Crippen molar-refractivity contribution in [1.82, 2.24) is 10.6 Å². The van der Waals surface area contributed by atoms with Gasteiger partial charge in [-0.1, -0.05) is 27.7 Å². The predicted molar refractivity (Wildman–Crippen MR) is 78.4 cm³/mol. The van der Waals surface area contributed by atoms with Crippen LogP contribution < -0.4 is 10.6 Å². The van der Waals surface area contributed by atoms with E-state index in [1.807, 2.05) is 27.7 Å². The zero-order valence-electron chi connectivity index (χ0n) is 13.0. The van der Waals surface area contributed by atoms with Crippen LogP contribution in [0.1, 0.15) is 47.0 Å². The first-order valence-corrected chi connectivity index (χ1v) is 7.49. The summed E-state index contributed by atoms with van der Waals surface area (Å²) in [6, 6.07) is -0.793. The Labute approximate surface area is 121 Å². The molecule has 0 spiro atoms. The van der Waals surface area contributed by atoms with Gasteiger partial charge in [0.15, 0.2) is 0 Å². The van der Waals surface area contributed by atoms with Crippen molar-refractivity contribution in [3.8, 4) is 0 Å². The van der Waals surface area contributed by atoms with Crippen molar-refractivity contribution in [2.45, 2.75) is 53.0 Å². The van der Waals surface area contributed by atoms with Gasteiger partial charge in [-0.05, 0) is 44.2 Å². The molecule has 20 heavy (non-hydrogen) atoms. The lowest BCUT2D eigenvalue weighted by Crippen LogP contribution is -2.51. The van der Waals surface area contributed by atoms with Crippen LogP contribution in [0.4, 0.5) is 0 Å². The quantitative estimate of drug-likeness (QED) is 0.692. The van der Waals surface area contributed by atoms with Gasteiger partial charge in [0.2, 0.25) is 5.91 Å². The number of carboxylic acids is 1. The topological polar surface area (TPSA) is 78.4 Å². The van der Waals surface area contributed by atoms with Crippen molar-refractivity contribution in [2.24, 2.45) is 17.3 Å². The van der Waals surface area contributed by atoms with Gasteiger partial charge >= 0.3 is 5.97 Å². The molecule has 116 valence electrons. The Hall–Kier alpha value is -1.10. The van der Waals surface area contributed by atoms with E-state index in [9.17, 15) is 14.7 Å². The molecule has 0 saturated carbocycles. The summed E-state index contributed by atoms with van der Waals surface area (Å²) >= 11 is 0. The van der Waals surface area contributed by atoms with Crippen LogP contribution in [-0.2, 0) is 9.59 Å². The van der Waals surface area contributed by atoms with Crippen LogP contribution in [0.5, 0.6) is 0 Å². The maximum Gasteiger partial charge on any atom is 0.326 e. The Kier molecular flexibility index (Phi) is 5.99. The molecule has 1 saturated heterocycles. The zero-order chi connectivity index (χ0) is 15.3. The lowest BCUT2D eigenvalue weighted by Gasteiger charge is -2.36. The molecule has 5 heteroatoms. The third kappa shape index (κ3) is 4.47. The second kappa shape index (κ2) is 7.07. The fourth-order valence-electron chi connectivity index (χ4n) is 2.69. The fraction of sp³-hybridized carbons (Fsp3) is 0.867. The molecule has 1 heterocycles. The Morgan fingerprint density at radius 3 is 2.50 bits per heavy atom. The van der Waals surface area contributed by atoms with E-state index in [4.69, 9.17) is 0 Å². The van der Waals surface area contributed by atoms with Crippen molar-refractivity contribution >= 4 is 11.9 Å². The molecule has 0 aromatic carbocycles. The van der Waals surface area contributed by atoms with E-state index in [-0.39, 0.29) is 17.7 Å². The highest BCUT2D eigenvalue weighted by atomic mass is 16.4. The number of carbonyl (C=O) groups is 2. The van der Waals surface area contributed by atoms with E-state index in [0.29, 0.717) is 6.42 Å². The Balaban J connectivity index is 2.68. The highest BCUT2D eigenvalue weighted by Gasteiger charge is 2.38. The standard InChI is InChI=1S/C15H28N2O3/c1-10(2)8-12(13(18)19)17-14(20)15(3,4)11-6-5-7-16-9-11/h10-12,16H,5-9H2,1-4H3,(H,17,20)(H,18,19)/t11?,12-/m0/s1. The molecule has 1 rings (SSSR count). The van der Waals surface area contributed by atoms with Crippen LogP contribution in [-0.4, -0.2) is 36.1 Å². The first-order valence-electron chi connectivity index (χ1n) is 7.49. The number of hydrogen-bond donors (Lipinski definition) is 3. The van der Waals surface area contributed by atoms with Crippen LogP contribution in [0.2, 0.25) is 0 Å². The van der Waals surface area contributed by atoms with Gasteiger partial charge in [-0.3, -0.25) is 4.79 Å². The third-order valence-corrected chi connectivity index (χ3v) is 4.21.